The summed E-state index contributed by atoms with van der Waals surface area (Å²) in [6.45, 7) is 6.38. The fourth-order valence-corrected chi connectivity index (χ4v) is 4.38. The molecule has 1 aliphatic rings. The summed E-state index contributed by atoms with van der Waals surface area (Å²) in [4.78, 5) is 17.4. The standard InChI is InChI=1S/C23H26ClFN4O2/c1-3-28-20(22(24)23(30)29(28)18-7-5-4-6-8-18)16-26-11-13-27(14-12-26)19-10-9-17(25)15-21(19)31-2/h4-10,15H,3,11-14,16H2,1-2H3. The lowest BCUT2D eigenvalue weighted by atomic mass is 10.2. The van der Waals surface area contributed by atoms with Crippen molar-refractivity contribution in [3.05, 3.63) is 75.4 Å². The average Bonchev–Trinajstić information content (AvgIpc) is 3.04. The molecule has 31 heavy (non-hydrogen) atoms. The summed E-state index contributed by atoms with van der Waals surface area (Å²) in [5.74, 6) is 0.227. The Morgan fingerprint density at radius 3 is 2.42 bits per heavy atom. The molecule has 1 aromatic heterocycles. The molecule has 1 fully saturated rings. The highest BCUT2D eigenvalue weighted by molar-refractivity contribution is 6.31. The third kappa shape index (κ3) is 4.20. The molecule has 0 bridgehead atoms. The maximum Gasteiger partial charge on any atom is 0.290 e. The van der Waals surface area contributed by atoms with Crippen LogP contribution in [0.1, 0.15) is 12.6 Å². The van der Waals surface area contributed by atoms with Crippen molar-refractivity contribution in [3.63, 3.8) is 0 Å². The summed E-state index contributed by atoms with van der Waals surface area (Å²) in [5, 5.41) is 0.272. The van der Waals surface area contributed by atoms with E-state index in [1.165, 1.54) is 12.1 Å². The summed E-state index contributed by atoms with van der Waals surface area (Å²) < 4.78 is 22.5. The number of ether oxygens (including phenoxy) is 1. The lowest BCUT2D eigenvalue weighted by Gasteiger charge is -2.36. The van der Waals surface area contributed by atoms with Gasteiger partial charge in [0.15, 0.2) is 0 Å². The number of piperazine rings is 1. The van der Waals surface area contributed by atoms with E-state index in [1.54, 1.807) is 17.9 Å². The summed E-state index contributed by atoms with van der Waals surface area (Å²) in [6.07, 6.45) is 0. The molecule has 3 aromatic rings. The van der Waals surface area contributed by atoms with Crippen LogP contribution in [0.2, 0.25) is 5.02 Å². The van der Waals surface area contributed by atoms with Crippen molar-refractivity contribution in [1.82, 2.24) is 14.3 Å². The minimum absolute atomic E-state index is 0.195. The Labute approximate surface area is 186 Å². The highest BCUT2D eigenvalue weighted by Gasteiger charge is 2.24. The van der Waals surface area contributed by atoms with Crippen LogP contribution in [0.15, 0.2) is 53.3 Å². The Morgan fingerprint density at radius 2 is 1.77 bits per heavy atom. The molecule has 0 radical (unpaired) electrons. The van der Waals surface area contributed by atoms with Gasteiger partial charge in [0, 0.05) is 45.3 Å². The molecule has 0 aliphatic carbocycles. The quantitative estimate of drug-likeness (QED) is 0.580. The Balaban J connectivity index is 1.52. The van der Waals surface area contributed by atoms with Gasteiger partial charge in [0.1, 0.15) is 16.6 Å². The molecule has 2 aromatic carbocycles. The molecule has 1 aliphatic heterocycles. The number of hydrogen-bond donors (Lipinski definition) is 0. The molecule has 1 saturated heterocycles. The van der Waals surface area contributed by atoms with Crippen molar-refractivity contribution in [2.24, 2.45) is 0 Å². The molecular weight excluding hydrogens is 419 g/mol. The predicted octanol–water partition coefficient (Wildman–Crippen LogP) is 3.78. The van der Waals surface area contributed by atoms with Crippen LogP contribution >= 0.6 is 11.6 Å². The van der Waals surface area contributed by atoms with E-state index < -0.39 is 0 Å². The monoisotopic (exact) mass is 444 g/mol. The molecule has 0 amide bonds. The highest BCUT2D eigenvalue weighted by atomic mass is 35.5. The van der Waals surface area contributed by atoms with Crippen molar-refractivity contribution in [2.75, 3.05) is 38.2 Å². The van der Waals surface area contributed by atoms with Crippen molar-refractivity contribution >= 4 is 17.3 Å². The maximum absolute atomic E-state index is 13.5. The minimum Gasteiger partial charge on any atom is -0.494 e. The van der Waals surface area contributed by atoms with Crippen LogP contribution in [-0.2, 0) is 13.1 Å². The molecule has 0 spiro atoms. The fraction of sp³-hybridized carbons (Fsp3) is 0.348. The molecule has 0 unspecified atom stereocenters. The van der Waals surface area contributed by atoms with E-state index in [2.05, 4.69) is 9.80 Å². The van der Waals surface area contributed by atoms with Gasteiger partial charge in [-0.3, -0.25) is 14.4 Å². The van der Waals surface area contributed by atoms with Gasteiger partial charge in [-0.2, -0.15) is 0 Å². The van der Waals surface area contributed by atoms with E-state index >= 15 is 0 Å². The number of benzene rings is 2. The van der Waals surface area contributed by atoms with Crippen LogP contribution in [0.4, 0.5) is 10.1 Å². The largest absolute Gasteiger partial charge is 0.494 e. The van der Waals surface area contributed by atoms with Gasteiger partial charge in [-0.15, -0.1) is 0 Å². The number of aromatic nitrogens is 2. The average molecular weight is 445 g/mol. The molecule has 6 nitrogen and oxygen atoms in total. The van der Waals surface area contributed by atoms with Gasteiger partial charge in [-0.25, -0.2) is 9.07 Å². The molecular formula is C23H26ClFN4O2. The number of hydrogen-bond acceptors (Lipinski definition) is 4. The number of rotatable bonds is 6. The first kappa shape index (κ1) is 21.5. The number of halogens is 2. The number of anilines is 1. The first-order valence-electron chi connectivity index (χ1n) is 10.4. The van der Waals surface area contributed by atoms with Gasteiger partial charge < -0.3 is 9.64 Å². The van der Waals surface area contributed by atoms with Crippen LogP contribution in [0.5, 0.6) is 5.75 Å². The summed E-state index contributed by atoms with van der Waals surface area (Å²) in [6, 6.07) is 14.2. The third-order valence-electron chi connectivity index (χ3n) is 5.71. The zero-order valence-electron chi connectivity index (χ0n) is 17.7. The second-order valence-corrected chi connectivity index (χ2v) is 7.89. The summed E-state index contributed by atoms with van der Waals surface area (Å²) in [5.41, 5.74) is 2.32. The van der Waals surface area contributed by atoms with Crippen LogP contribution in [0.25, 0.3) is 5.69 Å². The number of nitrogens with zero attached hydrogens (tertiary/aromatic N) is 4. The SMILES string of the molecule is CCn1c(CN2CCN(c3ccc(F)cc3OC)CC2)c(Cl)c(=O)n1-c1ccccc1. The minimum atomic E-state index is -0.311. The van der Waals surface area contributed by atoms with Crippen LogP contribution < -0.4 is 15.2 Å². The zero-order chi connectivity index (χ0) is 22.0. The highest BCUT2D eigenvalue weighted by Crippen LogP contribution is 2.30. The molecule has 2 heterocycles. The Hall–Kier alpha value is -2.77. The molecule has 0 atom stereocenters. The first-order chi connectivity index (χ1) is 15.0. The smallest absolute Gasteiger partial charge is 0.290 e. The second kappa shape index (κ2) is 9.16. The predicted molar refractivity (Wildman–Crippen MR) is 121 cm³/mol. The van der Waals surface area contributed by atoms with Crippen molar-refractivity contribution in [1.29, 1.82) is 0 Å². The Kier molecular flexibility index (Phi) is 6.34. The summed E-state index contributed by atoms with van der Waals surface area (Å²) in [7, 11) is 1.55. The van der Waals surface area contributed by atoms with Gasteiger partial charge in [0.2, 0.25) is 0 Å². The topological polar surface area (TPSA) is 42.6 Å². The van der Waals surface area contributed by atoms with Crippen LogP contribution in [0.3, 0.4) is 0 Å². The normalized spacial score (nSPS) is 14.8. The lowest BCUT2D eigenvalue weighted by Crippen LogP contribution is -2.46. The van der Waals surface area contributed by atoms with E-state index in [1.807, 2.05) is 41.9 Å². The number of methoxy groups -OCH3 is 1. The van der Waals surface area contributed by atoms with Crippen molar-refractivity contribution in [3.8, 4) is 11.4 Å². The second-order valence-electron chi connectivity index (χ2n) is 7.51. The van der Waals surface area contributed by atoms with Gasteiger partial charge >= 0.3 is 0 Å². The maximum atomic E-state index is 13.5. The van der Waals surface area contributed by atoms with Gasteiger partial charge in [-0.1, -0.05) is 29.8 Å². The van der Waals surface area contributed by atoms with E-state index in [0.717, 1.165) is 43.2 Å². The van der Waals surface area contributed by atoms with Crippen molar-refractivity contribution < 1.29 is 9.13 Å². The van der Waals surface area contributed by atoms with E-state index in [9.17, 15) is 9.18 Å². The Morgan fingerprint density at radius 1 is 1.06 bits per heavy atom. The molecule has 8 heteroatoms. The summed E-state index contributed by atoms with van der Waals surface area (Å²) >= 11 is 6.50. The van der Waals surface area contributed by atoms with E-state index in [4.69, 9.17) is 16.3 Å². The zero-order valence-corrected chi connectivity index (χ0v) is 18.5. The van der Waals surface area contributed by atoms with Crippen LogP contribution in [0, 0.1) is 5.82 Å². The van der Waals surface area contributed by atoms with Gasteiger partial charge in [0.25, 0.3) is 5.56 Å². The van der Waals surface area contributed by atoms with E-state index in [-0.39, 0.29) is 16.4 Å². The lowest BCUT2D eigenvalue weighted by molar-refractivity contribution is 0.241. The van der Waals surface area contributed by atoms with Crippen molar-refractivity contribution in [2.45, 2.75) is 20.0 Å². The fourth-order valence-electron chi connectivity index (χ4n) is 4.14. The Bertz CT molecular complexity index is 1100. The molecule has 164 valence electrons. The first-order valence-corrected chi connectivity index (χ1v) is 10.8. The molecule has 4 rings (SSSR count). The third-order valence-corrected chi connectivity index (χ3v) is 6.09. The molecule has 0 saturated carbocycles. The van der Waals surface area contributed by atoms with Gasteiger partial charge in [-0.05, 0) is 31.2 Å². The van der Waals surface area contributed by atoms with Crippen LogP contribution in [-0.4, -0.2) is 47.6 Å². The van der Waals surface area contributed by atoms with Gasteiger partial charge in [0.05, 0.1) is 24.2 Å². The van der Waals surface area contributed by atoms with E-state index in [0.29, 0.717) is 18.8 Å². The molecule has 0 N–H and O–H groups in total. The number of para-hydroxylation sites is 1.